The molecule has 0 aliphatic carbocycles. The average molecular weight is 475 g/mol. The van der Waals surface area contributed by atoms with E-state index in [-0.39, 0.29) is 5.91 Å². The molecule has 6 heterocycles. The second kappa shape index (κ2) is 8.36. The summed E-state index contributed by atoms with van der Waals surface area (Å²) in [5.74, 6) is 0.924. The molecule has 1 N–H and O–H groups in total. The van der Waals surface area contributed by atoms with Crippen LogP contribution in [-0.4, -0.2) is 58.4 Å². The molecule has 7 nitrogen and oxygen atoms in total. The second-order valence-electron chi connectivity index (χ2n) is 9.98. The predicted molar refractivity (Wildman–Crippen MR) is 138 cm³/mol. The molecule has 0 bridgehead atoms. The Morgan fingerprint density at radius 3 is 2.56 bits per heavy atom. The summed E-state index contributed by atoms with van der Waals surface area (Å²) in [6.07, 6.45) is 8.98. The van der Waals surface area contributed by atoms with Crippen LogP contribution in [0.1, 0.15) is 41.0 Å². The summed E-state index contributed by atoms with van der Waals surface area (Å²) >= 11 is 1.46. The van der Waals surface area contributed by atoms with Crippen LogP contribution < -0.4 is 10.2 Å². The van der Waals surface area contributed by atoms with Crippen molar-refractivity contribution in [3.8, 4) is 0 Å². The largest absolute Gasteiger partial charge is 0.357 e. The number of nitrogens with zero attached hydrogens (tertiary/aromatic N) is 5. The Morgan fingerprint density at radius 1 is 1.00 bits per heavy atom. The van der Waals surface area contributed by atoms with Crippen LogP contribution in [-0.2, 0) is 0 Å². The van der Waals surface area contributed by atoms with Gasteiger partial charge in [-0.05, 0) is 88.5 Å². The number of carbonyl (C=O) groups is 1. The number of hydrogen-bond donors (Lipinski definition) is 1. The molecule has 0 aromatic carbocycles. The fourth-order valence-electron chi connectivity index (χ4n) is 5.38. The minimum absolute atomic E-state index is 0.108. The first-order valence-corrected chi connectivity index (χ1v) is 12.9. The van der Waals surface area contributed by atoms with Gasteiger partial charge in [0.25, 0.3) is 5.91 Å². The lowest BCUT2D eigenvalue weighted by molar-refractivity contribution is 0.0943. The quantitative estimate of drug-likeness (QED) is 0.461. The van der Waals surface area contributed by atoms with Crippen LogP contribution in [0.3, 0.4) is 0 Å². The van der Waals surface area contributed by atoms with E-state index < -0.39 is 0 Å². The lowest BCUT2D eigenvalue weighted by Gasteiger charge is -2.46. The Balaban J connectivity index is 1.16. The van der Waals surface area contributed by atoms with Crippen molar-refractivity contribution in [1.29, 1.82) is 0 Å². The smallest absolute Gasteiger partial charge is 0.265 e. The van der Waals surface area contributed by atoms with Gasteiger partial charge >= 0.3 is 0 Å². The van der Waals surface area contributed by atoms with E-state index in [9.17, 15) is 4.79 Å². The highest BCUT2D eigenvalue weighted by molar-refractivity contribution is 7.20. The molecule has 2 aliphatic heterocycles. The van der Waals surface area contributed by atoms with Gasteiger partial charge in [0.15, 0.2) is 0 Å². The van der Waals surface area contributed by atoms with E-state index in [0.717, 1.165) is 46.2 Å². The third kappa shape index (κ3) is 4.05. The number of likely N-dealkylation sites (tertiary alicyclic amines) is 1. The molecule has 2 saturated heterocycles. The van der Waals surface area contributed by atoms with E-state index in [1.165, 1.54) is 50.1 Å². The number of aryl methyl sites for hydroxylation is 1. The molecule has 0 saturated carbocycles. The zero-order valence-electron chi connectivity index (χ0n) is 19.8. The molecule has 176 valence electrons. The molecular formula is C26H30N6OS. The maximum Gasteiger partial charge on any atom is 0.265 e. The van der Waals surface area contributed by atoms with Crippen molar-refractivity contribution in [3.05, 3.63) is 53.3 Å². The number of anilines is 2. The fraction of sp³-hybridized carbons (Fsp3) is 0.423. The molecule has 34 heavy (non-hydrogen) atoms. The van der Waals surface area contributed by atoms with Gasteiger partial charge in [0.2, 0.25) is 0 Å². The Labute approximate surface area is 203 Å². The van der Waals surface area contributed by atoms with Gasteiger partial charge in [-0.25, -0.2) is 9.97 Å². The van der Waals surface area contributed by atoms with E-state index >= 15 is 0 Å². The molecule has 4 aromatic rings. The Kier molecular flexibility index (Phi) is 5.30. The van der Waals surface area contributed by atoms with Crippen molar-refractivity contribution in [2.75, 3.05) is 43.4 Å². The number of pyridine rings is 2. The van der Waals surface area contributed by atoms with Gasteiger partial charge in [0.05, 0.1) is 16.3 Å². The second-order valence-corrected chi connectivity index (χ2v) is 11.0. The zero-order chi connectivity index (χ0) is 23.3. The first-order chi connectivity index (χ1) is 16.5. The van der Waals surface area contributed by atoms with Crippen molar-refractivity contribution >= 4 is 44.6 Å². The Hall–Kier alpha value is -2.97. The molecule has 2 aliphatic rings. The predicted octanol–water partition coefficient (Wildman–Crippen LogP) is 4.82. The number of piperidine rings is 2. The van der Waals surface area contributed by atoms with Crippen molar-refractivity contribution < 1.29 is 4.79 Å². The molecule has 6 rings (SSSR count). The summed E-state index contributed by atoms with van der Waals surface area (Å²) in [5.41, 5.74) is 3.09. The minimum atomic E-state index is -0.108. The molecule has 4 aromatic heterocycles. The van der Waals surface area contributed by atoms with E-state index in [2.05, 4.69) is 39.3 Å². The number of nitrogens with one attached hydrogen (secondary N) is 1. The van der Waals surface area contributed by atoms with Crippen LogP contribution in [0.5, 0.6) is 0 Å². The average Bonchev–Trinajstić information content (AvgIpc) is 3.43. The SMILES string of the molecule is Cc1cn2cc(NC(=O)c3cc4ccc(N5CCC6(CCN(C)CC6)CC5)nc4s3)ccc2n1. The van der Waals surface area contributed by atoms with E-state index in [1.54, 1.807) is 0 Å². The van der Waals surface area contributed by atoms with Crippen LogP contribution in [0, 0.1) is 12.3 Å². The standard InChI is InChI=1S/C26H30N6OS/c1-18-16-32-17-20(4-6-22(32)27-18)28-24(33)21-15-19-3-5-23(29-25(19)34-21)31-13-9-26(10-14-31)7-11-30(2)12-8-26/h3-6,15-17H,7-14H2,1-2H3,(H,28,33). The third-order valence-electron chi connectivity index (χ3n) is 7.62. The lowest BCUT2D eigenvalue weighted by atomic mass is 9.71. The van der Waals surface area contributed by atoms with Crippen molar-refractivity contribution in [2.45, 2.75) is 32.6 Å². The van der Waals surface area contributed by atoms with Crippen LogP contribution in [0.2, 0.25) is 0 Å². The molecule has 2 fully saturated rings. The van der Waals surface area contributed by atoms with Crippen LogP contribution in [0.15, 0.2) is 42.7 Å². The summed E-state index contributed by atoms with van der Waals surface area (Å²) in [6, 6.07) is 9.95. The maximum absolute atomic E-state index is 12.9. The Morgan fingerprint density at radius 2 is 1.76 bits per heavy atom. The monoisotopic (exact) mass is 474 g/mol. The number of thiophene rings is 1. The molecule has 0 atom stereocenters. The van der Waals surface area contributed by atoms with Gasteiger partial charge in [0, 0.05) is 30.9 Å². The van der Waals surface area contributed by atoms with Crippen LogP contribution in [0.4, 0.5) is 11.5 Å². The molecule has 8 heteroatoms. The van der Waals surface area contributed by atoms with Crippen LogP contribution in [0.25, 0.3) is 15.9 Å². The number of aromatic nitrogens is 3. The van der Waals surface area contributed by atoms with Gasteiger partial charge < -0.3 is 19.5 Å². The maximum atomic E-state index is 12.9. The summed E-state index contributed by atoms with van der Waals surface area (Å²) in [5, 5.41) is 4.03. The number of hydrogen-bond acceptors (Lipinski definition) is 6. The molecule has 0 unspecified atom stereocenters. The number of imidazole rings is 1. The fourth-order valence-corrected chi connectivity index (χ4v) is 6.31. The van der Waals surface area contributed by atoms with Gasteiger partial charge in [-0.15, -0.1) is 11.3 Å². The number of amides is 1. The first kappa shape index (κ1) is 21.6. The highest BCUT2D eigenvalue weighted by Crippen LogP contribution is 2.42. The van der Waals surface area contributed by atoms with Crippen LogP contribution >= 0.6 is 11.3 Å². The normalized spacial score (nSPS) is 18.7. The summed E-state index contributed by atoms with van der Waals surface area (Å²) in [4.78, 5) is 28.8. The lowest BCUT2D eigenvalue weighted by Crippen LogP contribution is -2.46. The van der Waals surface area contributed by atoms with E-state index in [0.29, 0.717) is 10.3 Å². The number of rotatable bonds is 3. The zero-order valence-corrected chi connectivity index (χ0v) is 20.6. The number of fused-ring (bicyclic) bond motifs is 2. The van der Waals surface area contributed by atoms with E-state index in [1.807, 2.05) is 41.9 Å². The van der Waals surface area contributed by atoms with Crippen molar-refractivity contribution in [1.82, 2.24) is 19.3 Å². The van der Waals surface area contributed by atoms with Gasteiger partial charge in [0.1, 0.15) is 16.3 Å². The van der Waals surface area contributed by atoms with Gasteiger partial charge in [-0.3, -0.25) is 4.79 Å². The van der Waals surface area contributed by atoms with E-state index in [4.69, 9.17) is 4.98 Å². The molecular weight excluding hydrogens is 444 g/mol. The molecule has 0 radical (unpaired) electrons. The summed E-state index contributed by atoms with van der Waals surface area (Å²) in [6.45, 7) is 6.54. The first-order valence-electron chi connectivity index (χ1n) is 12.1. The summed E-state index contributed by atoms with van der Waals surface area (Å²) in [7, 11) is 2.23. The van der Waals surface area contributed by atoms with Gasteiger partial charge in [-0.1, -0.05) is 0 Å². The van der Waals surface area contributed by atoms with Crippen molar-refractivity contribution in [2.24, 2.45) is 5.41 Å². The molecule has 1 spiro atoms. The minimum Gasteiger partial charge on any atom is -0.357 e. The third-order valence-corrected chi connectivity index (χ3v) is 8.66. The highest BCUT2D eigenvalue weighted by atomic mass is 32.1. The highest BCUT2D eigenvalue weighted by Gasteiger charge is 2.37. The topological polar surface area (TPSA) is 65.8 Å². The molecule has 1 amide bonds. The van der Waals surface area contributed by atoms with Crippen molar-refractivity contribution in [3.63, 3.8) is 0 Å². The Bertz CT molecular complexity index is 1360. The number of carbonyl (C=O) groups excluding carboxylic acids is 1. The summed E-state index contributed by atoms with van der Waals surface area (Å²) < 4.78 is 1.93. The van der Waals surface area contributed by atoms with Gasteiger partial charge in [-0.2, -0.15) is 0 Å².